The van der Waals surface area contributed by atoms with Gasteiger partial charge in [0.2, 0.25) is 0 Å². The Morgan fingerprint density at radius 3 is 2.58 bits per heavy atom. The van der Waals surface area contributed by atoms with Crippen LogP contribution in [0.1, 0.15) is 48.8 Å². The molecule has 2 aromatic rings. The Morgan fingerprint density at radius 2 is 1.92 bits per heavy atom. The van der Waals surface area contributed by atoms with Gasteiger partial charge in [-0.05, 0) is 18.4 Å². The topological polar surface area (TPSA) is 77.5 Å². The lowest BCUT2D eigenvalue weighted by Crippen LogP contribution is -2.38. The molecule has 3 rings (SSSR count). The van der Waals surface area contributed by atoms with Crippen molar-refractivity contribution < 1.29 is 13.2 Å². The van der Waals surface area contributed by atoms with Gasteiger partial charge in [-0.25, -0.2) is 4.98 Å². The summed E-state index contributed by atoms with van der Waals surface area (Å²) in [7, 11) is 0. The van der Waals surface area contributed by atoms with Crippen LogP contribution in [0.4, 0.5) is 13.2 Å². The molecule has 128 valence electrons. The van der Waals surface area contributed by atoms with Crippen molar-refractivity contribution in [1.82, 2.24) is 20.5 Å². The molecule has 0 radical (unpaired) electrons. The maximum atomic E-state index is 12.8. The van der Waals surface area contributed by atoms with Crippen LogP contribution >= 0.6 is 0 Å². The Balaban J connectivity index is 1.99. The van der Waals surface area contributed by atoms with Crippen molar-refractivity contribution in [1.29, 1.82) is 5.41 Å². The number of halogens is 3. The average Bonchev–Trinajstić information content (AvgIpc) is 2.93. The first-order chi connectivity index (χ1) is 11.4. The highest BCUT2D eigenvalue weighted by molar-refractivity contribution is 5.79. The second-order valence-electron chi connectivity index (χ2n) is 5.91. The number of hydrogen-bond acceptors (Lipinski definition) is 3. The highest BCUT2D eigenvalue weighted by Gasteiger charge is 2.38. The molecule has 0 amide bonds. The van der Waals surface area contributed by atoms with Gasteiger partial charge < -0.3 is 5.32 Å². The molecule has 2 atom stereocenters. The van der Waals surface area contributed by atoms with E-state index in [1.165, 1.54) is 0 Å². The average molecular weight is 337 g/mol. The van der Waals surface area contributed by atoms with E-state index in [1.807, 2.05) is 30.3 Å². The fourth-order valence-corrected chi connectivity index (χ4v) is 3.07. The largest absolute Gasteiger partial charge is 0.453 e. The lowest BCUT2D eigenvalue weighted by Gasteiger charge is -2.26. The van der Waals surface area contributed by atoms with Gasteiger partial charge in [0, 0.05) is 12.5 Å². The molecule has 3 N–H and O–H groups in total. The molecule has 2 heterocycles. The van der Waals surface area contributed by atoms with E-state index in [0.29, 0.717) is 12.3 Å². The van der Waals surface area contributed by atoms with Crippen molar-refractivity contribution >= 4 is 5.84 Å². The van der Waals surface area contributed by atoms with Crippen molar-refractivity contribution in [2.24, 2.45) is 0 Å². The molecule has 5 nitrogen and oxygen atoms in total. The summed E-state index contributed by atoms with van der Waals surface area (Å²) in [6, 6.07) is 9.05. The van der Waals surface area contributed by atoms with E-state index in [4.69, 9.17) is 5.41 Å². The minimum absolute atomic E-state index is 0.167. The summed E-state index contributed by atoms with van der Waals surface area (Å²) >= 11 is 0. The van der Waals surface area contributed by atoms with Crippen molar-refractivity contribution in [2.75, 3.05) is 0 Å². The predicted octanol–water partition coefficient (Wildman–Crippen LogP) is 3.46. The molecule has 0 bridgehead atoms. The van der Waals surface area contributed by atoms with Crippen LogP contribution in [0.5, 0.6) is 0 Å². The van der Waals surface area contributed by atoms with E-state index in [-0.39, 0.29) is 11.9 Å². The molecule has 0 saturated carbocycles. The second-order valence-corrected chi connectivity index (χ2v) is 5.91. The smallest absolute Gasteiger partial charge is 0.370 e. The summed E-state index contributed by atoms with van der Waals surface area (Å²) in [4.78, 5) is 3.69. The summed E-state index contributed by atoms with van der Waals surface area (Å²) in [6.07, 6.45) is -1.37. The van der Waals surface area contributed by atoms with Crippen LogP contribution in [0.15, 0.2) is 30.3 Å². The summed E-state index contributed by atoms with van der Waals surface area (Å²) in [6.45, 7) is 0. The third-order valence-corrected chi connectivity index (χ3v) is 4.16. The quantitative estimate of drug-likeness (QED) is 0.802. The number of amidine groups is 1. The molecule has 0 spiro atoms. The number of aromatic amines is 1. The molecule has 1 aliphatic rings. The first-order valence-corrected chi connectivity index (χ1v) is 7.83. The summed E-state index contributed by atoms with van der Waals surface area (Å²) in [5.74, 6) is -1.01. The van der Waals surface area contributed by atoms with E-state index < -0.39 is 17.9 Å². The molecule has 24 heavy (non-hydrogen) atoms. The van der Waals surface area contributed by atoms with Gasteiger partial charge in [-0.3, -0.25) is 10.5 Å². The van der Waals surface area contributed by atoms with Gasteiger partial charge in [-0.1, -0.05) is 36.8 Å². The number of alkyl halides is 3. The van der Waals surface area contributed by atoms with E-state index in [0.717, 1.165) is 24.8 Å². The maximum absolute atomic E-state index is 12.8. The lowest BCUT2D eigenvalue weighted by atomic mass is 9.88. The number of hydrogen-bond donors (Lipinski definition) is 3. The van der Waals surface area contributed by atoms with Crippen molar-refractivity contribution in [2.45, 2.75) is 43.8 Å². The van der Waals surface area contributed by atoms with Crippen LogP contribution in [0.2, 0.25) is 0 Å². The Hall–Kier alpha value is -2.38. The molecular weight excluding hydrogens is 319 g/mol. The molecular formula is C16H18F3N5. The SMILES string of the molecule is N=C1CCCCC(C(c2ccccc2)c2nc(C(F)(F)F)n[nH]2)N1. The molecule has 1 saturated heterocycles. The molecule has 1 fully saturated rings. The summed E-state index contributed by atoms with van der Waals surface area (Å²) in [5, 5.41) is 16.9. The summed E-state index contributed by atoms with van der Waals surface area (Å²) < 4.78 is 38.5. The molecule has 1 aliphatic heterocycles. The Kier molecular flexibility index (Phi) is 4.55. The molecule has 1 aromatic heterocycles. The third kappa shape index (κ3) is 3.58. The monoisotopic (exact) mass is 337 g/mol. The van der Waals surface area contributed by atoms with Crippen molar-refractivity contribution in [3.63, 3.8) is 0 Å². The normalized spacial score (nSPS) is 20.3. The fraction of sp³-hybridized carbons (Fsp3) is 0.438. The Bertz CT molecular complexity index is 695. The zero-order valence-electron chi connectivity index (χ0n) is 12.9. The minimum Gasteiger partial charge on any atom is -0.370 e. The number of nitrogens with one attached hydrogen (secondary N) is 3. The molecule has 2 unspecified atom stereocenters. The Morgan fingerprint density at radius 1 is 1.17 bits per heavy atom. The van der Waals surface area contributed by atoms with E-state index in [1.54, 1.807) is 0 Å². The number of aromatic nitrogens is 3. The highest BCUT2D eigenvalue weighted by atomic mass is 19.4. The van der Waals surface area contributed by atoms with Crippen LogP contribution in [0, 0.1) is 5.41 Å². The van der Waals surface area contributed by atoms with Gasteiger partial charge >= 0.3 is 6.18 Å². The Labute approximate surface area is 137 Å². The van der Waals surface area contributed by atoms with Crippen molar-refractivity contribution in [3.8, 4) is 0 Å². The van der Waals surface area contributed by atoms with E-state index in [9.17, 15) is 13.2 Å². The first-order valence-electron chi connectivity index (χ1n) is 7.83. The van der Waals surface area contributed by atoms with Crippen LogP contribution in [-0.2, 0) is 6.18 Å². The number of rotatable bonds is 3. The second kappa shape index (κ2) is 6.62. The van der Waals surface area contributed by atoms with Gasteiger partial charge in [-0.2, -0.15) is 13.2 Å². The number of H-pyrrole nitrogens is 1. The van der Waals surface area contributed by atoms with Crippen LogP contribution < -0.4 is 5.32 Å². The molecule has 8 heteroatoms. The zero-order valence-corrected chi connectivity index (χ0v) is 12.9. The lowest BCUT2D eigenvalue weighted by molar-refractivity contribution is -0.144. The van der Waals surface area contributed by atoms with Crippen LogP contribution in [0.25, 0.3) is 0 Å². The van der Waals surface area contributed by atoms with Crippen LogP contribution in [0.3, 0.4) is 0 Å². The standard InChI is InChI=1S/C16H18F3N5/c17-16(18,19)15-22-14(23-24-15)13(10-6-2-1-3-7-10)11-8-4-5-9-12(20)21-11/h1-3,6-7,11,13H,4-5,8-9H2,(H2,20,21)(H,22,23,24). The predicted molar refractivity (Wildman–Crippen MR) is 82.8 cm³/mol. The van der Waals surface area contributed by atoms with E-state index in [2.05, 4.69) is 20.5 Å². The van der Waals surface area contributed by atoms with Crippen molar-refractivity contribution in [3.05, 3.63) is 47.5 Å². The number of benzene rings is 1. The van der Waals surface area contributed by atoms with Gasteiger partial charge in [0.05, 0.1) is 11.8 Å². The van der Waals surface area contributed by atoms with Gasteiger partial charge in [0.25, 0.3) is 5.82 Å². The molecule has 0 aliphatic carbocycles. The van der Waals surface area contributed by atoms with Gasteiger partial charge in [0.15, 0.2) is 0 Å². The van der Waals surface area contributed by atoms with Gasteiger partial charge in [0.1, 0.15) is 5.82 Å². The van der Waals surface area contributed by atoms with Gasteiger partial charge in [-0.15, -0.1) is 5.10 Å². The molecule has 1 aromatic carbocycles. The minimum atomic E-state index is -4.58. The highest BCUT2D eigenvalue weighted by Crippen LogP contribution is 2.32. The fourth-order valence-electron chi connectivity index (χ4n) is 3.07. The first kappa shape index (κ1) is 16.5. The van der Waals surface area contributed by atoms with Crippen LogP contribution in [-0.4, -0.2) is 27.1 Å². The maximum Gasteiger partial charge on any atom is 0.453 e. The number of nitrogens with zero attached hydrogens (tertiary/aromatic N) is 2. The summed E-state index contributed by atoms with van der Waals surface area (Å²) in [5.41, 5.74) is 0.842. The third-order valence-electron chi connectivity index (χ3n) is 4.16. The van der Waals surface area contributed by atoms with E-state index >= 15 is 0 Å². The zero-order chi connectivity index (χ0) is 17.2.